The first-order valence-electron chi connectivity index (χ1n) is 12.8. The minimum absolute atomic E-state index is 0.0326. The molecule has 3 aromatic rings. The summed E-state index contributed by atoms with van der Waals surface area (Å²) in [4.78, 5) is 19.1. The molecule has 1 aliphatic rings. The van der Waals surface area contributed by atoms with Crippen molar-refractivity contribution in [1.29, 1.82) is 0 Å². The van der Waals surface area contributed by atoms with Crippen molar-refractivity contribution in [2.45, 2.75) is 38.5 Å². The van der Waals surface area contributed by atoms with Crippen molar-refractivity contribution < 1.29 is 27.4 Å². The second-order valence-corrected chi connectivity index (χ2v) is 12.0. The van der Waals surface area contributed by atoms with E-state index >= 15 is 0 Å². The number of rotatable bonds is 10. The largest absolute Gasteiger partial charge is 0.497 e. The van der Waals surface area contributed by atoms with Gasteiger partial charge in [0.15, 0.2) is 5.84 Å². The molecule has 0 amide bonds. The molecule has 4 rings (SSSR count). The van der Waals surface area contributed by atoms with E-state index in [1.54, 1.807) is 73.7 Å². The van der Waals surface area contributed by atoms with Gasteiger partial charge in [0, 0.05) is 21.5 Å². The van der Waals surface area contributed by atoms with Crippen LogP contribution in [0.5, 0.6) is 11.5 Å². The molecule has 0 saturated carbocycles. The SMILES string of the molecule is C=CS(=O)(=O)N1C(c2ccc(OC)cc2OC(C)C)=N[C@@](C(=O)OCC)(c2ccc(Cl)cc2)[C@H]1c1ccc(Cl)cc1. The van der Waals surface area contributed by atoms with Gasteiger partial charge in [0.25, 0.3) is 10.0 Å². The van der Waals surface area contributed by atoms with Gasteiger partial charge in [0.05, 0.1) is 25.4 Å². The van der Waals surface area contributed by atoms with E-state index in [0.717, 1.165) is 9.71 Å². The van der Waals surface area contributed by atoms with Gasteiger partial charge in [-0.05, 0) is 68.3 Å². The van der Waals surface area contributed by atoms with E-state index in [4.69, 9.17) is 42.4 Å². The summed E-state index contributed by atoms with van der Waals surface area (Å²) in [6.07, 6.45) is -0.273. The summed E-state index contributed by atoms with van der Waals surface area (Å²) in [5, 5.41) is 1.68. The number of nitrogens with zero attached hydrogens (tertiary/aromatic N) is 2. The predicted molar refractivity (Wildman–Crippen MR) is 160 cm³/mol. The van der Waals surface area contributed by atoms with Crippen LogP contribution in [0.15, 0.2) is 83.7 Å². The molecule has 3 aromatic carbocycles. The monoisotopic (exact) mass is 616 g/mol. The third kappa shape index (κ3) is 5.80. The lowest BCUT2D eigenvalue weighted by Crippen LogP contribution is -2.46. The quantitative estimate of drug-likeness (QED) is 0.241. The number of hydrogen-bond acceptors (Lipinski definition) is 7. The average Bonchev–Trinajstić information content (AvgIpc) is 3.31. The Morgan fingerprint density at radius 1 is 1.07 bits per heavy atom. The van der Waals surface area contributed by atoms with Gasteiger partial charge in [0.1, 0.15) is 17.5 Å². The van der Waals surface area contributed by atoms with E-state index in [1.165, 1.54) is 7.11 Å². The molecule has 1 aliphatic heterocycles. The minimum Gasteiger partial charge on any atom is -0.497 e. The molecule has 0 N–H and O–H groups in total. The number of carbonyl (C=O) groups excluding carboxylic acids is 1. The third-order valence-electron chi connectivity index (χ3n) is 6.46. The lowest BCUT2D eigenvalue weighted by molar-refractivity contribution is -0.151. The van der Waals surface area contributed by atoms with Gasteiger partial charge in [-0.3, -0.25) is 0 Å². The molecule has 0 aliphatic carbocycles. The van der Waals surface area contributed by atoms with Crippen molar-refractivity contribution in [2.24, 2.45) is 4.99 Å². The highest BCUT2D eigenvalue weighted by Crippen LogP contribution is 2.52. The van der Waals surface area contributed by atoms with E-state index in [-0.39, 0.29) is 18.5 Å². The van der Waals surface area contributed by atoms with E-state index in [1.807, 2.05) is 13.8 Å². The second kappa shape index (κ2) is 12.1. The summed E-state index contributed by atoms with van der Waals surface area (Å²) in [5.41, 5.74) is -0.737. The number of hydrogen-bond donors (Lipinski definition) is 0. The summed E-state index contributed by atoms with van der Waals surface area (Å²) < 4.78 is 46.0. The lowest BCUT2D eigenvalue weighted by Gasteiger charge is -2.35. The first-order chi connectivity index (χ1) is 19.5. The molecular weight excluding hydrogens is 587 g/mol. The fraction of sp³-hybridized carbons (Fsp3) is 0.267. The molecule has 0 bridgehead atoms. The Morgan fingerprint density at radius 2 is 1.68 bits per heavy atom. The van der Waals surface area contributed by atoms with Gasteiger partial charge in [-0.25, -0.2) is 22.5 Å². The van der Waals surface area contributed by atoms with Crippen molar-refractivity contribution in [3.63, 3.8) is 0 Å². The number of halogens is 2. The number of methoxy groups -OCH3 is 1. The number of carbonyl (C=O) groups is 1. The van der Waals surface area contributed by atoms with Gasteiger partial charge in [-0.15, -0.1) is 0 Å². The normalized spacial score (nSPS) is 18.7. The molecule has 41 heavy (non-hydrogen) atoms. The Kier molecular flexibility index (Phi) is 9.01. The number of ether oxygens (including phenoxy) is 3. The maximum Gasteiger partial charge on any atom is 0.341 e. The topological polar surface area (TPSA) is 94.5 Å². The number of amidine groups is 1. The van der Waals surface area contributed by atoms with Crippen molar-refractivity contribution in [3.8, 4) is 11.5 Å². The first-order valence-corrected chi connectivity index (χ1v) is 15.0. The molecule has 216 valence electrons. The fourth-order valence-electron chi connectivity index (χ4n) is 4.73. The zero-order chi connectivity index (χ0) is 29.9. The molecule has 0 fully saturated rings. The Balaban J connectivity index is 2.16. The molecule has 8 nitrogen and oxygen atoms in total. The van der Waals surface area contributed by atoms with Crippen LogP contribution in [0.2, 0.25) is 10.0 Å². The Labute approximate surface area is 250 Å². The molecule has 11 heteroatoms. The standard InChI is InChI=1S/C30H30Cl2N2O6S/c1-6-39-29(35)30(21-10-14-23(32)15-11-21)27(20-8-12-22(31)13-9-20)34(41(36,37)7-2)28(33-30)25-17-16-24(38-5)18-26(25)40-19(3)4/h7-19,27H,2,6H2,1,3-5H3/t27-,30+/m1/s1. The second-order valence-electron chi connectivity index (χ2n) is 9.42. The Morgan fingerprint density at radius 3 is 2.22 bits per heavy atom. The van der Waals surface area contributed by atoms with E-state index < -0.39 is 27.6 Å². The van der Waals surface area contributed by atoms with Gasteiger partial charge in [-0.1, -0.05) is 54.0 Å². The highest BCUT2D eigenvalue weighted by atomic mass is 35.5. The van der Waals surface area contributed by atoms with Crippen molar-refractivity contribution in [1.82, 2.24) is 4.31 Å². The highest BCUT2D eigenvalue weighted by molar-refractivity contribution is 7.92. The number of sulfonamides is 1. The van der Waals surface area contributed by atoms with Crippen LogP contribution in [-0.2, 0) is 25.1 Å². The molecule has 0 radical (unpaired) electrons. The summed E-state index contributed by atoms with van der Waals surface area (Å²) in [5.74, 6) is 0.0187. The van der Waals surface area contributed by atoms with E-state index in [2.05, 4.69) is 6.58 Å². The van der Waals surface area contributed by atoms with Gasteiger partial charge < -0.3 is 14.2 Å². The summed E-state index contributed by atoms with van der Waals surface area (Å²) in [6, 6.07) is 16.7. The summed E-state index contributed by atoms with van der Waals surface area (Å²) >= 11 is 12.4. The Hall–Kier alpha value is -3.53. The first kappa shape index (κ1) is 30.4. The van der Waals surface area contributed by atoms with Crippen molar-refractivity contribution in [3.05, 3.63) is 105 Å². The zero-order valence-corrected chi connectivity index (χ0v) is 25.3. The molecule has 2 atom stereocenters. The average molecular weight is 618 g/mol. The number of aliphatic imine (C=N–C) groups is 1. The van der Waals surface area contributed by atoms with Crippen LogP contribution >= 0.6 is 23.2 Å². The van der Waals surface area contributed by atoms with E-state index in [9.17, 15) is 13.2 Å². The lowest BCUT2D eigenvalue weighted by atomic mass is 9.80. The third-order valence-corrected chi connectivity index (χ3v) is 8.31. The minimum atomic E-state index is -4.29. The molecule has 0 spiro atoms. The van der Waals surface area contributed by atoms with Crippen LogP contribution < -0.4 is 9.47 Å². The van der Waals surface area contributed by atoms with Gasteiger partial charge >= 0.3 is 5.97 Å². The maximum atomic E-state index is 14.1. The van der Waals surface area contributed by atoms with Gasteiger partial charge in [-0.2, -0.15) is 0 Å². The maximum absolute atomic E-state index is 14.1. The van der Waals surface area contributed by atoms with Gasteiger partial charge in [0.2, 0.25) is 5.54 Å². The van der Waals surface area contributed by atoms with Crippen LogP contribution in [0, 0.1) is 0 Å². The van der Waals surface area contributed by atoms with Crippen LogP contribution in [0.25, 0.3) is 0 Å². The Bertz CT molecular complexity index is 1570. The van der Waals surface area contributed by atoms with Crippen LogP contribution in [-0.4, -0.2) is 44.3 Å². The molecular formula is C30H30Cl2N2O6S. The van der Waals surface area contributed by atoms with Crippen molar-refractivity contribution in [2.75, 3.05) is 13.7 Å². The molecule has 1 heterocycles. The van der Waals surface area contributed by atoms with Crippen LogP contribution in [0.4, 0.5) is 0 Å². The predicted octanol–water partition coefficient (Wildman–Crippen LogP) is 6.52. The molecule has 0 saturated heterocycles. The van der Waals surface area contributed by atoms with Crippen LogP contribution in [0.1, 0.15) is 43.5 Å². The fourth-order valence-corrected chi connectivity index (χ4v) is 6.09. The van der Waals surface area contributed by atoms with E-state index in [0.29, 0.717) is 38.2 Å². The van der Waals surface area contributed by atoms with Crippen molar-refractivity contribution >= 4 is 45.0 Å². The summed E-state index contributed by atoms with van der Waals surface area (Å²) in [7, 11) is -2.77. The van der Waals surface area contributed by atoms with Crippen LogP contribution in [0.3, 0.4) is 0 Å². The number of esters is 1. The summed E-state index contributed by atoms with van der Waals surface area (Å²) in [6.45, 7) is 8.94. The zero-order valence-electron chi connectivity index (χ0n) is 23.0. The number of benzene rings is 3. The molecule has 0 unspecified atom stereocenters. The highest BCUT2D eigenvalue weighted by Gasteiger charge is 2.60. The molecule has 0 aromatic heterocycles. The smallest absolute Gasteiger partial charge is 0.341 e.